The Morgan fingerprint density at radius 2 is 1.08 bits per heavy atom. The zero-order valence-corrected chi connectivity index (χ0v) is 11.1. The van der Waals surface area contributed by atoms with Gasteiger partial charge >= 0.3 is 30.2 Å². The van der Waals surface area contributed by atoms with Crippen LogP contribution in [0.3, 0.4) is 0 Å². The lowest BCUT2D eigenvalue weighted by atomic mass is 10.2. The number of ether oxygens (including phenoxy) is 2. The predicted octanol–water partition coefficient (Wildman–Crippen LogP) is 3.87. The minimum absolute atomic E-state index is 1.94. The molecule has 0 amide bonds. The summed E-state index contributed by atoms with van der Waals surface area (Å²) in [4.78, 5) is 9.93. The molecule has 0 aliphatic carbocycles. The molecular formula is C9H5F13O3. The average Bonchev–Trinajstić information content (AvgIpc) is 2.43. The maximum absolute atomic E-state index is 13.6. The maximum atomic E-state index is 13.6. The van der Waals surface area contributed by atoms with E-state index in [1.807, 2.05) is 4.74 Å². The lowest BCUT2D eigenvalue weighted by Crippen LogP contribution is -2.65. The molecular weight excluding hydrogens is 403 g/mol. The minimum Gasteiger partial charge on any atom is -0.297 e. The van der Waals surface area contributed by atoms with Crippen molar-refractivity contribution in [2.75, 3.05) is 13.3 Å². The smallest absolute Gasteiger partial charge is 0.297 e. The first-order chi connectivity index (χ1) is 10.8. The number of halogens is 13. The number of alkyl halides is 13. The summed E-state index contributed by atoms with van der Waals surface area (Å²) in [5.74, 6) is -18.3. The highest BCUT2D eigenvalue weighted by Gasteiger charge is 2.80. The normalized spacial score (nSPS) is 19.2. The molecule has 0 aromatic carbocycles. The fourth-order valence-corrected chi connectivity index (χ4v) is 1.03. The van der Waals surface area contributed by atoms with Gasteiger partial charge in [-0.25, -0.2) is 13.2 Å². The van der Waals surface area contributed by atoms with E-state index in [1.54, 1.807) is 0 Å². The third-order valence-corrected chi connectivity index (χ3v) is 2.28. The first kappa shape index (κ1) is 23.7. The van der Waals surface area contributed by atoms with Gasteiger partial charge in [0, 0.05) is 0 Å². The number of carbonyl (C=O) groups is 1. The van der Waals surface area contributed by atoms with E-state index in [2.05, 4.69) is 4.74 Å². The van der Waals surface area contributed by atoms with E-state index in [9.17, 15) is 61.9 Å². The highest BCUT2D eigenvalue weighted by Crippen LogP contribution is 2.52. The van der Waals surface area contributed by atoms with E-state index in [0.717, 1.165) is 0 Å². The Bertz CT molecular complexity index is 470. The van der Waals surface area contributed by atoms with Crippen molar-refractivity contribution in [3.8, 4) is 0 Å². The van der Waals surface area contributed by atoms with Gasteiger partial charge in [0.1, 0.15) is 0 Å². The second kappa shape index (κ2) is 6.77. The van der Waals surface area contributed by atoms with Gasteiger partial charge in [-0.1, -0.05) is 0 Å². The van der Waals surface area contributed by atoms with Crippen molar-refractivity contribution in [3.05, 3.63) is 0 Å². The second-order valence-corrected chi connectivity index (χ2v) is 4.22. The molecule has 0 aromatic rings. The number of hydrogen-bond donors (Lipinski definition) is 0. The summed E-state index contributed by atoms with van der Waals surface area (Å²) in [5, 5.41) is 0. The molecule has 0 saturated carbocycles. The summed E-state index contributed by atoms with van der Waals surface area (Å²) in [6, 6.07) is 0. The number of carbonyl (C=O) groups excluding carboxylic acids is 1. The zero-order valence-electron chi connectivity index (χ0n) is 11.1. The third-order valence-electron chi connectivity index (χ3n) is 2.28. The molecule has 0 fully saturated rings. The van der Waals surface area contributed by atoms with Gasteiger partial charge in [0.25, 0.3) is 5.85 Å². The van der Waals surface area contributed by atoms with Gasteiger partial charge in [-0.2, -0.15) is 43.9 Å². The van der Waals surface area contributed by atoms with Crippen LogP contribution in [-0.4, -0.2) is 55.7 Å². The number of rotatable bonds is 8. The van der Waals surface area contributed by atoms with E-state index in [-0.39, 0.29) is 0 Å². The molecule has 0 aliphatic heterocycles. The van der Waals surface area contributed by atoms with Crippen LogP contribution in [0.5, 0.6) is 0 Å². The fourth-order valence-electron chi connectivity index (χ4n) is 1.03. The van der Waals surface area contributed by atoms with Crippen LogP contribution in [-0.2, 0) is 14.3 Å². The van der Waals surface area contributed by atoms with Crippen molar-refractivity contribution in [3.63, 3.8) is 0 Å². The summed E-state index contributed by atoms with van der Waals surface area (Å²) in [7, 11) is 0. The quantitative estimate of drug-likeness (QED) is 0.452. The molecule has 0 radical (unpaired) electrons. The molecule has 0 aliphatic rings. The highest BCUT2D eigenvalue weighted by atomic mass is 19.4. The van der Waals surface area contributed by atoms with Crippen molar-refractivity contribution in [2.45, 2.75) is 36.0 Å². The average molecular weight is 408 g/mol. The van der Waals surface area contributed by atoms with Crippen molar-refractivity contribution in [1.29, 1.82) is 0 Å². The molecule has 25 heavy (non-hydrogen) atoms. The molecule has 0 bridgehead atoms. The van der Waals surface area contributed by atoms with Crippen molar-refractivity contribution in [2.24, 2.45) is 0 Å². The molecule has 0 spiro atoms. The van der Waals surface area contributed by atoms with E-state index in [0.29, 0.717) is 0 Å². The van der Waals surface area contributed by atoms with E-state index < -0.39 is 55.7 Å². The molecule has 0 heterocycles. The Morgan fingerprint density at radius 3 is 1.32 bits per heavy atom. The van der Waals surface area contributed by atoms with Crippen molar-refractivity contribution in [1.82, 2.24) is 0 Å². The zero-order chi connectivity index (χ0) is 20.5. The molecule has 0 aromatic heterocycles. The maximum Gasteiger partial charge on any atom is 0.458 e. The second-order valence-electron chi connectivity index (χ2n) is 4.22. The van der Waals surface area contributed by atoms with Crippen LogP contribution in [0.4, 0.5) is 57.1 Å². The summed E-state index contributed by atoms with van der Waals surface area (Å²) in [5.41, 5.74) is 0. The van der Waals surface area contributed by atoms with E-state index in [4.69, 9.17) is 0 Å². The van der Waals surface area contributed by atoms with Gasteiger partial charge in [0.15, 0.2) is 19.6 Å². The minimum atomic E-state index is -7.20. The lowest BCUT2D eigenvalue weighted by Gasteiger charge is -2.38. The van der Waals surface area contributed by atoms with Crippen LogP contribution in [0.1, 0.15) is 0 Å². The summed E-state index contributed by atoms with van der Waals surface area (Å²) in [6.07, 6.45) is -23.2. The van der Waals surface area contributed by atoms with Crippen LogP contribution in [0.25, 0.3) is 0 Å². The number of hydrogen-bond acceptors (Lipinski definition) is 3. The molecule has 0 N–H and O–H groups in total. The first-order valence-corrected chi connectivity index (χ1v) is 5.41. The van der Waals surface area contributed by atoms with E-state index >= 15 is 0 Å². The van der Waals surface area contributed by atoms with Crippen LogP contribution in [0.2, 0.25) is 0 Å². The Hall–Kier alpha value is -1.32. The van der Waals surface area contributed by atoms with Crippen LogP contribution in [0, 0.1) is 0 Å². The molecule has 3 nitrogen and oxygen atoms in total. The van der Waals surface area contributed by atoms with Gasteiger partial charge in [0.05, 0.1) is 0 Å². The molecule has 0 rings (SSSR count). The van der Waals surface area contributed by atoms with Crippen LogP contribution in [0.15, 0.2) is 0 Å². The fraction of sp³-hybridized carbons (Fsp3) is 0.889. The summed E-state index contributed by atoms with van der Waals surface area (Å²) < 4.78 is 168. The standard InChI is InChI=1S/C9H5F13O3/c10-1-4(12,2-11)24-6(14,8(18,19)20)9(21,22)25-5(13,3-23)7(15,16)17/h3H,1-2H2. The van der Waals surface area contributed by atoms with Gasteiger partial charge in [-0.3, -0.25) is 14.3 Å². The number of aldehydes is 1. The van der Waals surface area contributed by atoms with Crippen molar-refractivity contribution >= 4 is 6.29 Å². The van der Waals surface area contributed by atoms with E-state index in [1.165, 1.54) is 0 Å². The summed E-state index contributed by atoms with van der Waals surface area (Å²) >= 11 is 0. The van der Waals surface area contributed by atoms with Crippen molar-refractivity contribution < 1.29 is 71.3 Å². The molecule has 0 saturated heterocycles. The van der Waals surface area contributed by atoms with Crippen LogP contribution < -0.4 is 0 Å². The Kier molecular flexibility index (Phi) is 6.41. The monoisotopic (exact) mass is 408 g/mol. The summed E-state index contributed by atoms with van der Waals surface area (Å²) in [6.45, 7) is -6.01. The molecule has 2 unspecified atom stereocenters. The molecule has 2 atom stereocenters. The Labute approximate surface area is 128 Å². The van der Waals surface area contributed by atoms with Gasteiger partial charge in [0.2, 0.25) is 0 Å². The predicted molar refractivity (Wildman–Crippen MR) is 48.8 cm³/mol. The van der Waals surface area contributed by atoms with Gasteiger partial charge in [-0.05, 0) is 0 Å². The topological polar surface area (TPSA) is 35.5 Å². The lowest BCUT2D eigenvalue weighted by molar-refractivity contribution is -0.514. The third kappa shape index (κ3) is 4.45. The highest BCUT2D eigenvalue weighted by molar-refractivity contribution is 5.61. The first-order valence-electron chi connectivity index (χ1n) is 5.41. The van der Waals surface area contributed by atoms with Gasteiger partial charge in [-0.15, -0.1) is 0 Å². The van der Waals surface area contributed by atoms with Crippen LogP contribution >= 0.6 is 0 Å². The molecule has 150 valence electrons. The van der Waals surface area contributed by atoms with Gasteiger partial charge < -0.3 is 0 Å². The molecule has 16 heteroatoms. The Morgan fingerprint density at radius 1 is 0.680 bits per heavy atom. The Balaban J connectivity index is 6.17. The largest absolute Gasteiger partial charge is 0.458 e. The SMILES string of the molecule is O=CC(F)(OC(F)(F)C(F)(OC(F)(CF)CF)C(F)(F)F)C(F)(F)F.